The topological polar surface area (TPSA) is 92.1 Å². The molecular weight excluding hydrogens is 644 g/mol. The van der Waals surface area contributed by atoms with Crippen LogP contribution in [0.25, 0.3) is 72.4 Å². The van der Waals surface area contributed by atoms with E-state index in [2.05, 4.69) is 20.1 Å². The van der Waals surface area contributed by atoms with Crippen molar-refractivity contribution < 1.29 is 8.78 Å². The molecule has 9 nitrogen and oxygen atoms in total. The maximum atomic E-state index is 15.6. The van der Waals surface area contributed by atoms with Crippen LogP contribution in [0.3, 0.4) is 0 Å². The lowest BCUT2D eigenvalue weighted by Crippen LogP contribution is -2.01. The lowest BCUT2D eigenvalue weighted by molar-refractivity contribution is 0.588. The van der Waals surface area contributed by atoms with Gasteiger partial charge in [-0.2, -0.15) is 15.3 Å². The maximum absolute atomic E-state index is 15.6. The Bertz CT molecular complexity index is 2720. The highest BCUT2D eigenvalue weighted by Crippen LogP contribution is 2.36. The summed E-state index contributed by atoms with van der Waals surface area (Å²) in [6, 6.07) is 22.8. The van der Waals surface area contributed by atoms with Gasteiger partial charge in [-0.25, -0.2) is 22.8 Å². The third-order valence-electron chi connectivity index (χ3n) is 8.55. The van der Waals surface area contributed by atoms with Gasteiger partial charge in [-0.05, 0) is 61.0 Å². The molecule has 49 heavy (non-hydrogen) atoms. The molecule has 0 fully saturated rings. The van der Waals surface area contributed by atoms with Gasteiger partial charge in [-0.1, -0.05) is 35.9 Å². The summed E-state index contributed by atoms with van der Waals surface area (Å²) in [4.78, 5) is 13.4. The second-order valence-corrected chi connectivity index (χ2v) is 12.0. The van der Waals surface area contributed by atoms with Crippen LogP contribution in [-0.2, 0) is 0 Å². The summed E-state index contributed by atoms with van der Waals surface area (Å²) in [7, 11) is 0. The van der Waals surface area contributed by atoms with Crippen molar-refractivity contribution in [1.82, 2.24) is 44.3 Å². The SMILES string of the molecule is Cc1cccc2c1cnn2-c1ccc(-c2nn(-c3cncc(-c4nn(-c5cccnc5)c5c(Cl)cccc45)c3)c3c(F)cc(F)cc23)nc1. The van der Waals surface area contributed by atoms with Gasteiger partial charge in [0.05, 0.1) is 63.6 Å². The molecule has 0 amide bonds. The number of aromatic nitrogens is 9. The minimum atomic E-state index is -0.771. The molecule has 0 spiro atoms. The van der Waals surface area contributed by atoms with Gasteiger partial charge in [0.2, 0.25) is 0 Å². The number of hydrogen-bond acceptors (Lipinski definition) is 6. The zero-order valence-corrected chi connectivity index (χ0v) is 26.4. The molecule has 12 heteroatoms. The van der Waals surface area contributed by atoms with Crippen LogP contribution in [0.4, 0.5) is 8.78 Å². The van der Waals surface area contributed by atoms with Crippen LogP contribution >= 0.6 is 11.6 Å². The quantitative estimate of drug-likeness (QED) is 0.183. The van der Waals surface area contributed by atoms with Crippen molar-refractivity contribution in [3.05, 3.63) is 138 Å². The highest BCUT2D eigenvalue weighted by atomic mass is 35.5. The van der Waals surface area contributed by atoms with Crippen LogP contribution in [0.1, 0.15) is 5.56 Å². The Morgan fingerprint density at radius 2 is 1.45 bits per heavy atom. The van der Waals surface area contributed by atoms with Crippen molar-refractivity contribution in [3.8, 4) is 39.7 Å². The summed E-state index contributed by atoms with van der Waals surface area (Å²) in [5.41, 5.74) is 6.77. The first-order valence-corrected chi connectivity index (χ1v) is 15.6. The standard InChI is InChI=1S/C37H22ClF2N9/c1-21-5-2-9-33-29(21)20-44-47(33)25-10-11-32(43-19-25)35-28-14-23(39)15-31(40)37(28)49(46-35)26-13-22(16-42-18-26)34-27-7-3-8-30(38)36(27)48(45-34)24-6-4-12-41-17-24/h2-20H,1H3. The van der Waals surface area contributed by atoms with E-state index in [0.717, 1.165) is 39.3 Å². The van der Waals surface area contributed by atoms with Gasteiger partial charge < -0.3 is 0 Å². The van der Waals surface area contributed by atoms with Crippen LogP contribution < -0.4 is 0 Å². The number of para-hydroxylation sites is 1. The molecule has 6 aromatic heterocycles. The molecule has 3 aromatic carbocycles. The third-order valence-corrected chi connectivity index (χ3v) is 8.85. The van der Waals surface area contributed by atoms with Crippen molar-refractivity contribution >= 4 is 44.3 Å². The second-order valence-electron chi connectivity index (χ2n) is 11.5. The Morgan fingerprint density at radius 1 is 0.633 bits per heavy atom. The summed E-state index contributed by atoms with van der Waals surface area (Å²) in [5, 5.41) is 16.9. The van der Waals surface area contributed by atoms with Crippen LogP contribution in [0.2, 0.25) is 5.02 Å². The highest BCUT2D eigenvalue weighted by molar-refractivity contribution is 6.35. The Morgan fingerprint density at radius 3 is 2.29 bits per heavy atom. The largest absolute Gasteiger partial charge is 0.262 e. The number of hydrogen-bond donors (Lipinski definition) is 0. The lowest BCUT2D eigenvalue weighted by atomic mass is 10.1. The molecule has 0 saturated carbocycles. The molecule has 0 N–H and O–H groups in total. The molecule has 0 saturated heterocycles. The number of aryl methyl sites for hydroxylation is 1. The molecule has 0 atom stereocenters. The third kappa shape index (κ3) is 4.66. The fraction of sp³-hybridized carbons (Fsp3) is 0.0270. The van der Waals surface area contributed by atoms with Gasteiger partial charge in [0.1, 0.15) is 22.7 Å². The predicted octanol–water partition coefficient (Wildman–Crippen LogP) is 8.46. The summed E-state index contributed by atoms with van der Waals surface area (Å²) < 4.78 is 35.3. The molecule has 0 radical (unpaired) electrons. The number of fused-ring (bicyclic) bond motifs is 3. The molecule has 9 aromatic rings. The zero-order chi connectivity index (χ0) is 33.2. The monoisotopic (exact) mass is 665 g/mol. The lowest BCUT2D eigenvalue weighted by Gasteiger charge is -2.06. The summed E-state index contributed by atoms with van der Waals surface area (Å²) >= 11 is 6.67. The van der Waals surface area contributed by atoms with E-state index in [1.165, 1.54) is 10.7 Å². The van der Waals surface area contributed by atoms with Gasteiger partial charge >= 0.3 is 0 Å². The number of nitrogens with zero attached hydrogens (tertiary/aromatic N) is 9. The number of benzene rings is 3. The first-order valence-electron chi connectivity index (χ1n) is 15.3. The molecule has 9 rings (SSSR count). The second kappa shape index (κ2) is 11.1. The average Bonchev–Trinajstić information content (AvgIpc) is 3.84. The van der Waals surface area contributed by atoms with Gasteiger partial charge in [0, 0.05) is 40.2 Å². The molecule has 6 heterocycles. The Balaban J connectivity index is 1.18. The van der Waals surface area contributed by atoms with E-state index < -0.39 is 11.6 Å². The average molecular weight is 666 g/mol. The van der Waals surface area contributed by atoms with Crippen LogP contribution in [0.5, 0.6) is 0 Å². The first-order chi connectivity index (χ1) is 23.9. The molecule has 236 valence electrons. The fourth-order valence-corrected chi connectivity index (χ4v) is 6.53. The molecule has 0 unspecified atom stereocenters. The molecular formula is C37H22ClF2N9. The van der Waals surface area contributed by atoms with Crippen molar-refractivity contribution in [1.29, 1.82) is 0 Å². The molecule has 0 bridgehead atoms. The minimum absolute atomic E-state index is 0.0866. The highest BCUT2D eigenvalue weighted by Gasteiger charge is 2.22. The van der Waals surface area contributed by atoms with E-state index >= 15 is 4.39 Å². The Hall–Kier alpha value is -6.33. The van der Waals surface area contributed by atoms with Crippen molar-refractivity contribution in [3.63, 3.8) is 0 Å². The predicted molar refractivity (Wildman–Crippen MR) is 184 cm³/mol. The van der Waals surface area contributed by atoms with Gasteiger partial charge in [-0.15, -0.1) is 0 Å². The molecule has 0 aliphatic rings. The normalized spacial score (nSPS) is 11.7. The number of rotatable bonds is 5. The summed E-state index contributed by atoms with van der Waals surface area (Å²) in [6.45, 7) is 2.04. The van der Waals surface area contributed by atoms with Gasteiger partial charge in [-0.3, -0.25) is 15.0 Å². The maximum Gasteiger partial charge on any atom is 0.152 e. The van der Waals surface area contributed by atoms with Gasteiger partial charge in [0.15, 0.2) is 5.82 Å². The van der Waals surface area contributed by atoms with E-state index in [-0.39, 0.29) is 10.9 Å². The molecule has 0 aliphatic carbocycles. The van der Waals surface area contributed by atoms with E-state index in [4.69, 9.17) is 21.8 Å². The fourth-order valence-electron chi connectivity index (χ4n) is 6.27. The van der Waals surface area contributed by atoms with Crippen LogP contribution in [0.15, 0.2) is 116 Å². The Kier molecular flexibility index (Phi) is 6.56. The number of pyridine rings is 3. The minimum Gasteiger partial charge on any atom is -0.262 e. The van der Waals surface area contributed by atoms with Gasteiger partial charge in [0.25, 0.3) is 0 Å². The van der Waals surface area contributed by atoms with Crippen molar-refractivity contribution in [2.75, 3.05) is 0 Å². The van der Waals surface area contributed by atoms with E-state index in [9.17, 15) is 4.39 Å². The van der Waals surface area contributed by atoms with E-state index in [1.54, 1.807) is 52.5 Å². The van der Waals surface area contributed by atoms with Crippen LogP contribution in [0, 0.1) is 18.6 Å². The smallest absolute Gasteiger partial charge is 0.152 e. The van der Waals surface area contributed by atoms with Crippen LogP contribution in [-0.4, -0.2) is 44.3 Å². The van der Waals surface area contributed by atoms with Crippen molar-refractivity contribution in [2.45, 2.75) is 6.92 Å². The zero-order valence-electron chi connectivity index (χ0n) is 25.6. The summed E-state index contributed by atoms with van der Waals surface area (Å²) in [6.07, 6.45) is 10.1. The van der Waals surface area contributed by atoms with E-state index in [0.29, 0.717) is 38.9 Å². The van der Waals surface area contributed by atoms with E-state index in [1.807, 2.05) is 67.7 Å². The molecule has 0 aliphatic heterocycles. The summed E-state index contributed by atoms with van der Waals surface area (Å²) in [5.74, 6) is -1.50. The Labute approximate surface area is 281 Å². The number of halogens is 3. The van der Waals surface area contributed by atoms with Crippen molar-refractivity contribution in [2.24, 2.45) is 0 Å². The first kappa shape index (κ1) is 28.9.